The first-order valence-electron chi connectivity index (χ1n) is 22.4. The van der Waals surface area contributed by atoms with Crippen LogP contribution in [0.1, 0.15) is 22.3 Å². The Labute approximate surface area is 375 Å². The predicted octanol–water partition coefficient (Wildman–Crippen LogP) is 17.2. The highest BCUT2D eigenvalue weighted by Crippen LogP contribution is 2.60. The van der Waals surface area contributed by atoms with E-state index in [1.807, 2.05) is 12.1 Å². The minimum absolute atomic E-state index is 0.603. The van der Waals surface area contributed by atoms with Gasteiger partial charge in [0, 0.05) is 32.7 Å². The van der Waals surface area contributed by atoms with E-state index in [9.17, 15) is 0 Å². The largest absolute Gasteiger partial charge is 0.455 e. The summed E-state index contributed by atoms with van der Waals surface area (Å²) in [6.45, 7) is 0. The molecule has 0 bridgehead atoms. The maximum Gasteiger partial charge on any atom is 0.143 e. The topological polar surface area (TPSA) is 26.3 Å². The van der Waals surface area contributed by atoms with E-state index in [1.54, 1.807) is 0 Å². The van der Waals surface area contributed by atoms with Crippen LogP contribution in [-0.2, 0) is 5.41 Å². The van der Waals surface area contributed by atoms with Gasteiger partial charge in [-0.1, -0.05) is 212 Å². The number of rotatable bonds is 5. The van der Waals surface area contributed by atoms with Crippen molar-refractivity contribution < 1.29 is 8.83 Å². The number of fused-ring (bicyclic) bond motifs is 11. The van der Waals surface area contributed by atoms with Gasteiger partial charge in [-0.25, -0.2) is 0 Å². The Morgan fingerprint density at radius 2 is 0.662 bits per heavy atom. The van der Waals surface area contributed by atoms with Gasteiger partial charge in [-0.3, -0.25) is 0 Å². The summed E-state index contributed by atoms with van der Waals surface area (Å²) in [4.78, 5) is 0. The van der Waals surface area contributed by atoms with E-state index in [2.05, 4.69) is 218 Å². The third-order valence-corrected chi connectivity index (χ3v) is 14.2. The summed E-state index contributed by atoms with van der Waals surface area (Å²) in [5.41, 5.74) is 17.3. The van der Waals surface area contributed by atoms with E-state index in [-0.39, 0.29) is 0 Å². The fourth-order valence-electron chi connectivity index (χ4n) is 11.6. The van der Waals surface area contributed by atoms with Crippen molar-refractivity contribution in [1.82, 2.24) is 0 Å². The van der Waals surface area contributed by atoms with Crippen LogP contribution in [0, 0.1) is 0 Å². The summed E-state index contributed by atoms with van der Waals surface area (Å²) < 4.78 is 13.5. The van der Waals surface area contributed by atoms with Gasteiger partial charge >= 0.3 is 0 Å². The Bertz CT molecular complexity index is 3850. The molecule has 0 radical (unpaired) electrons. The Morgan fingerprint density at radius 3 is 1.23 bits per heavy atom. The van der Waals surface area contributed by atoms with Gasteiger partial charge in [-0.15, -0.1) is 0 Å². The van der Waals surface area contributed by atoms with E-state index in [4.69, 9.17) is 8.83 Å². The summed E-state index contributed by atoms with van der Waals surface area (Å²) in [6, 6.07) is 84.2. The lowest BCUT2D eigenvalue weighted by molar-refractivity contribution is 0.669. The molecule has 0 amide bonds. The van der Waals surface area contributed by atoms with Crippen molar-refractivity contribution in [2.45, 2.75) is 5.41 Å². The van der Waals surface area contributed by atoms with Crippen LogP contribution < -0.4 is 0 Å². The highest BCUT2D eigenvalue weighted by atomic mass is 16.3. The quantitative estimate of drug-likeness (QED) is 0.162. The monoisotopic (exact) mass is 826 g/mol. The molecule has 0 saturated heterocycles. The number of para-hydroxylation sites is 4. The molecule has 65 heavy (non-hydrogen) atoms. The van der Waals surface area contributed by atoms with E-state index in [0.717, 1.165) is 76.9 Å². The van der Waals surface area contributed by atoms with Crippen molar-refractivity contribution in [3.8, 4) is 44.5 Å². The molecule has 14 rings (SSSR count). The van der Waals surface area contributed by atoms with Gasteiger partial charge in [0.2, 0.25) is 0 Å². The van der Waals surface area contributed by atoms with Gasteiger partial charge in [0.05, 0.1) is 5.41 Å². The number of hydrogen-bond acceptors (Lipinski definition) is 2. The van der Waals surface area contributed by atoms with Gasteiger partial charge in [0.25, 0.3) is 0 Å². The second-order valence-electron chi connectivity index (χ2n) is 17.4. The van der Waals surface area contributed by atoms with Crippen LogP contribution in [0.15, 0.2) is 239 Å². The Balaban J connectivity index is 1.16. The highest BCUT2D eigenvalue weighted by molar-refractivity contribution is 6.23. The molecule has 0 spiro atoms. The molecule has 0 aliphatic heterocycles. The first-order valence-corrected chi connectivity index (χ1v) is 22.4. The Morgan fingerprint density at radius 1 is 0.262 bits per heavy atom. The minimum Gasteiger partial charge on any atom is -0.455 e. The maximum absolute atomic E-state index is 6.77. The molecule has 2 aromatic heterocycles. The van der Waals surface area contributed by atoms with Gasteiger partial charge in [-0.2, -0.15) is 0 Å². The first-order chi connectivity index (χ1) is 32.3. The van der Waals surface area contributed by atoms with E-state index in [1.165, 1.54) is 55.3 Å². The van der Waals surface area contributed by atoms with Crippen LogP contribution in [0.2, 0.25) is 0 Å². The Hall–Kier alpha value is -8.46. The van der Waals surface area contributed by atoms with Crippen LogP contribution in [-0.4, -0.2) is 0 Å². The molecule has 2 heterocycles. The van der Waals surface area contributed by atoms with Crippen molar-refractivity contribution in [3.05, 3.63) is 253 Å². The lowest BCUT2D eigenvalue weighted by atomic mass is 9.65. The number of furan rings is 2. The standard InChI is InChI=1S/C63H38O2/c1-3-18-39(19-4-1)63(40-20-5-2-6-21-40)56-35-10-7-22-43(56)48-29-15-34-53(60(48)63)59-46-27-13-25-41(49-30-16-32-51-44-23-8-11-36-57(44)64-61(49)51)54(46)38-55-42(26-14-28-47(55)59)50-31-17-33-52-45-24-9-12-37-58(45)65-62(50)52/h1-38H. The molecule has 13 aromatic rings. The van der Waals surface area contributed by atoms with Crippen molar-refractivity contribution in [3.63, 3.8) is 0 Å². The molecule has 0 unspecified atom stereocenters. The summed E-state index contributed by atoms with van der Waals surface area (Å²) >= 11 is 0. The third kappa shape index (κ3) is 4.99. The fourth-order valence-corrected chi connectivity index (χ4v) is 11.6. The normalized spacial score (nSPS) is 13.0. The predicted molar refractivity (Wildman–Crippen MR) is 270 cm³/mol. The maximum atomic E-state index is 6.77. The summed E-state index contributed by atoms with van der Waals surface area (Å²) in [5, 5.41) is 9.15. The van der Waals surface area contributed by atoms with Crippen molar-refractivity contribution in [2.75, 3.05) is 0 Å². The fraction of sp³-hybridized carbons (Fsp3) is 0.0159. The number of hydrogen-bond donors (Lipinski definition) is 0. The SMILES string of the molecule is c1ccc(C2(c3ccccc3)c3ccccc3-c3cccc(-c4c5cccc(-c6cccc7c6oc6ccccc67)c5cc5c(-c6cccc7c6oc6ccccc67)cccc45)c32)cc1. The summed E-state index contributed by atoms with van der Waals surface area (Å²) in [5.74, 6) is 0. The second kappa shape index (κ2) is 13.8. The van der Waals surface area contributed by atoms with Crippen LogP contribution in [0.5, 0.6) is 0 Å². The van der Waals surface area contributed by atoms with Crippen molar-refractivity contribution in [1.29, 1.82) is 0 Å². The van der Waals surface area contributed by atoms with Crippen molar-refractivity contribution in [2.24, 2.45) is 0 Å². The molecular formula is C63H38O2. The number of benzene rings is 11. The zero-order valence-corrected chi connectivity index (χ0v) is 35.3. The molecule has 2 nitrogen and oxygen atoms in total. The molecule has 302 valence electrons. The first kappa shape index (κ1) is 36.1. The van der Waals surface area contributed by atoms with Gasteiger partial charge in [-0.05, 0) is 95.4 Å². The third-order valence-electron chi connectivity index (χ3n) is 14.2. The zero-order chi connectivity index (χ0) is 42.6. The van der Waals surface area contributed by atoms with Crippen LogP contribution in [0.4, 0.5) is 0 Å². The second-order valence-corrected chi connectivity index (χ2v) is 17.4. The average Bonchev–Trinajstić information content (AvgIpc) is 4.05. The molecule has 1 aliphatic rings. The van der Waals surface area contributed by atoms with Gasteiger partial charge in [0.1, 0.15) is 22.3 Å². The Kier molecular flexibility index (Phi) is 7.64. The van der Waals surface area contributed by atoms with Crippen LogP contribution in [0.3, 0.4) is 0 Å². The lowest BCUT2D eigenvalue weighted by Gasteiger charge is -2.35. The minimum atomic E-state index is -0.603. The smallest absolute Gasteiger partial charge is 0.143 e. The van der Waals surface area contributed by atoms with E-state index < -0.39 is 5.41 Å². The van der Waals surface area contributed by atoms with E-state index in [0.29, 0.717) is 0 Å². The zero-order valence-electron chi connectivity index (χ0n) is 35.3. The molecule has 0 atom stereocenters. The molecule has 2 heteroatoms. The van der Waals surface area contributed by atoms with Crippen LogP contribution >= 0.6 is 0 Å². The lowest BCUT2D eigenvalue weighted by Crippen LogP contribution is -2.29. The van der Waals surface area contributed by atoms with Crippen molar-refractivity contribution >= 4 is 65.4 Å². The molecular weight excluding hydrogens is 789 g/mol. The molecule has 0 N–H and O–H groups in total. The molecule has 11 aromatic carbocycles. The van der Waals surface area contributed by atoms with Crippen LogP contribution in [0.25, 0.3) is 110 Å². The summed E-state index contributed by atoms with van der Waals surface area (Å²) in [6.07, 6.45) is 0. The molecule has 1 aliphatic carbocycles. The summed E-state index contributed by atoms with van der Waals surface area (Å²) in [7, 11) is 0. The molecule has 0 fully saturated rings. The van der Waals surface area contributed by atoms with E-state index >= 15 is 0 Å². The average molecular weight is 827 g/mol. The van der Waals surface area contributed by atoms with Gasteiger partial charge in [0.15, 0.2) is 0 Å². The highest BCUT2D eigenvalue weighted by Gasteiger charge is 2.47. The van der Waals surface area contributed by atoms with Gasteiger partial charge < -0.3 is 8.83 Å². The molecule has 0 saturated carbocycles.